The molecule has 10 nitrogen and oxygen atoms in total. The number of rotatable bonds is 7. The molecule has 0 saturated carbocycles. The molecular formula is C34H45ClF3N7O3S. The highest BCUT2D eigenvalue weighted by atomic mass is 35.5. The monoisotopic (exact) mass is 723 g/mol. The number of urea groups is 1. The lowest BCUT2D eigenvalue weighted by Gasteiger charge is -2.41. The van der Waals surface area contributed by atoms with E-state index < -0.39 is 23.3 Å². The summed E-state index contributed by atoms with van der Waals surface area (Å²) in [6, 6.07) is 4.52. The molecule has 6 rings (SSSR count). The predicted molar refractivity (Wildman–Crippen MR) is 184 cm³/mol. The topological polar surface area (TPSA) is 105 Å². The first-order valence-electron chi connectivity index (χ1n) is 17.2. The molecule has 1 aromatic carbocycles. The maximum Gasteiger partial charge on any atom is 0.418 e. The van der Waals surface area contributed by atoms with Crippen molar-refractivity contribution < 1.29 is 27.6 Å². The normalized spacial score (nSPS) is 21.3. The second kappa shape index (κ2) is 15.0. The Morgan fingerprint density at radius 2 is 1.69 bits per heavy atom. The highest BCUT2D eigenvalue weighted by Crippen LogP contribution is 2.39. The number of thiophene rings is 1. The van der Waals surface area contributed by atoms with Gasteiger partial charge in [0.05, 0.1) is 28.7 Å². The van der Waals surface area contributed by atoms with Crippen LogP contribution in [0.15, 0.2) is 23.6 Å². The zero-order chi connectivity index (χ0) is 34.9. The number of alkyl halides is 3. The van der Waals surface area contributed by atoms with E-state index in [1.807, 2.05) is 16.3 Å². The van der Waals surface area contributed by atoms with Gasteiger partial charge in [-0.05, 0) is 87.8 Å². The molecule has 4 amide bonds. The number of nitrogens with zero attached hydrogens (tertiary/aromatic N) is 5. The van der Waals surface area contributed by atoms with Crippen molar-refractivity contribution in [3.05, 3.63) is 45.3 Å². The SMILES string of the molecule is CN1CCCN(C2CCN(C(=O)[C@H](CC(=O)N3CCC(N4Cc5ccsc5NC4=O)CC3)Cc3cc(Cl)c(N)c(C(F)(F)F)c3)CC2)CC1. The van der Waals surface area contributed by atoms with Crippen LogP contribution in [-0.4, -0.2) is 114 Å². The van der Waals surface area contributed by atoms with Crippen molar-refractivity contribution in [3.8, 4) is 0 Å². The Hall–Kier alpha value is -3.07. The van der Waals surface area contributed by atoms with Gasteiger partial charge in [-0.3, -0.25) is 19.8 Å². The number of fused-ring (bicyclic) bond motifs is 1. The smallest absolute Gasteiger partial charge is 0.397 e. The molecule has 0 radical (unpaired) electrons. The fourth-order valence-electron chi connectivity index (χ4n) is 7.75. The van der Waals surface area contributed by atoms with Crippen LogP contribution in [0.3, 0.4) is 0 Å². The second-order valence-corrected chi connectivity index (χ2v) is 15.2. The van der Waals surface area contributed by atoms with Crippen LogP contribution >= 0.6 is 22.9 Å². The number of piperidine rings is 2. The summed E-state index contributed by atoms with van der Waals surface area (Å²) >= 11 is 7.65. The Bertz CT molecular complexity index is 1520. The predicted octanol–water partition coefficient (Wildman–Crippen LogP) is 5.22. The number of carbonyl (C=O) groups is 3. The first kappa shape index (κ1) is 35.7. The number of likely N-dealkylation sites (N-methyl/N-ethyl adjacent to an activating group) is 1. The molecule has 0 spiro atoms. The molecule has 3 N–H and O–H groups in total. The summed E-state index contributed by atoms with van der Waals surface area (Å²) in [6.07, 6.45) is -1.00. The molecule has 0 unspecified atom stereocenters. The van der Waals surface area contributed by atoms with Gasteiger partial charge in [0.25, 0.3) is 0 Å². The number of carbonyl (C=O) groups excluding carboxylic acids is 3. The van der Waals surface area contributed by atoms with Crippen molar-refractivity contribution in [2.45, 2.75) is 69.8 Å². The minimum absolute atomic E-state index is 0.0295. The van der Waals surface area contributed by atoms with Gasteiger partial charge in [0, 0.05) is 63.3 Å². The van der Waals surface area contributed by atoms with Gasteiger partial charge >= 0.3 is 12.2 Å². The lowest BCUT2D eigenvalue weighted by atomic mass is 9.91. The molecule has 4 aliphatic heterocycles. The van der Waals surface area contributed by atoms with E-state index in [1.54, 1.807) is 9.80 Å². The number of hydrogen-bond acceptors (Lipinski definition) is 7. The summed E-state index contributed by atoms with van der Waals surface area (Å²) in [5.74, 6) is -1.31. The van der Waals surface area contributed by atoms with Gasteiger partial charge in [-0.15, -0.1) is 11.3 Å². The van der Waals surface area contributed by atoms with E-state index in [0.717, 1.165) is 62.1 Å². The van der Waals surface area contributed by atoms with Gasteiger partial charge in [0.2, 0.25) is 11.8 Å². The van der Waals surface area contributed by atoms with E-state index in [0.29, 0.717) is 51.6 Å². The molecule has 1 aromatic heterocycles. The Kier molecular flexibility index (Phi) is 11.0. The third-order valence-corrected chi connectivity index (χ3v) is 11.8. The standard InChI is InChI=1S/C34H45ClF3N7O3S/c1-41-8-2-9-42(15-14-41)25-3-12-44(13-4-25)32(47)24(17-22-18-27(34(36,37)38)30(39)28(35)19-22)20-29(46)43-10-5-26(6-11-43)45-21-23-7-16-49-31(23)40-33(45)48/h7,16,18-19,24-26H,2-6,8-15,17,20-21,39H2,1H3,(H,40,48)/t24-/m0/s1. The van der Waals surface area contributed by atoms with Crippen molar-refractivity contribution in [2.24, 2.45) is 5.92 Å². The van der Waals surface area contributed by atoms with Crippen LogP contribution in [-0.2, 0) is 28.7 Å². The van der Waals surface area contributed by atoms with Crippen LogP contribution in [0.4, 0.5) is 28.7 Å². The van der Waals surface area contributed by atoms with Gasteiger partial charge in [-0.2, -0.15) is 13.2 Å². The summed E-state index contributed by atoms with van der Waals surface area (Å²) in [5, 5.41) is 5.54. The summed E-state index contributed by atoms with van der Waals surface area (Å²) in [4.78, 5) is 50.8. The number of nitrogen functional groups attached to an aromatic ring is 1. The molecule has 0 bridgehead atoms. The number of nitrogens with one attached hydrogen (secondary N) is 1. The van der Waals surface area contributed by atoms with Gasteiger partial charge in [0.1, 0.15) is 5.00 Å². The Morgan fingerprint density at radius 1 is 1.00 bits per heavy atom. The van der Waals surface area contributed by atoms with Crippen LogP contribution in [0, 0.1) is 5.92 Å². The van der Waals surface area contributed by atoms with Gasteiger partial charge in [-0.25, -0.2) is 4.79 Å². The fourth-order valence-corrected chi connectivity index (χ4v) is 8.80. The number of halogens is 4. The van der Waals surface area contributed by atoms with E-state index in [4.69, 9.17) is 17.3 Å². The number of nitrogens with two attached hydrogens (primary N) is 1. The van der Waals surface area contributed by atoms with Gasteiger partial charge < -0.3 is 25.3 Å². The third-order valence-electron chi connectivity index (χ3n) is 10.6. The zero-order valence-corrected chi connectivity index (χ0v) is 29.4. The number of benzene rings is 1. The average Bonchev–Trinajstić information content (AvgIpc) is 3.42. The highest BCUT2D eigenvalue weighted by Gasteiger charge is 2.38. The van der Waals surface area contributed by atoms with E-state index in [9.17, 15) is 27.6 Å². The molecule has 1 atom stereocenters. The molecule has 4 aliphatic rings. The number of anilines is 2. The van der Waals surface area contributed by atoms with Crippen LogP contribution in [0.25, 0.3) is 0 Å². The zero-order valence-electron chi connectivity index (χ0n) is 27.8. The van der Waals surface area contributed by atoms with Crippen molar-refractivity contribution in [1.29, 1.82) is 0 Å². The lowest BCUT2D eigenvalue weighted by molar-refractivity contribution is -0.143. The van der Waals surface area contributed by atoms with Crippen LogP contribution in [0.5, 0.6) is 0 Å². The summed E-state index contributed by atoms with van der Waals surface area (Å²) in [5.41, 5.74) is 5.37. The minimum Gasteiger partial charge on any atom is -0.397 e. The molecule has 2 aromatic rings. The molecule has 49 heavy (non-hydrogen) atoms. The van der Waals surface area contributed by atoms with Crippen LogP contribution in [0.2, 0.25) is 5.02 Å². The van der Waals surface area contributed by atoms with Crippen molar-refractivity contribution in [3.63, 3.8) is 0 Å². The van der Waals surface area contributed by atoms with Crippen LogP contribution < -0.4 is 11.1 Å². The lowest BCUT2D eigenvalue weighted by Crippen LogP contribution is -2.51. The van der Waals surface area contributed by atoms with Crippen molar-refractivity contribution in [2.75, 3.05) is 70.5 Å². The largest absolute Gasteiger partial charge is 0.418 e. The third kappa shape index (κ3) is 8.29. The maximum absolute atomic E-state index is 14.1. The summed E-state index contributed by atoms with van der Waals surface area (Å²) < 4.78 is 41.5. The van der Waals surface area contributed by atoms with E-state index in [1.165, 1.54) is 17.4 Å². The van der Waals surface area contributed by atoms with Crippen molar-refractivity contribution >= 4 is 51.5 Å². The van der Waals surface area contributed by atoms with E-state index in [2.05, 4.69) is 22.2 Å². The first-order chi connectivity index (χ1) is 23.4. The quantitative estimate of drug-likeness (QED) is 0.380. The fraction of sp³-hybridized carbons (Fsp3) is 0.618. The molecule has 268 valence electrons. The second-order valence-electron chi connectivity index (χ2n) is 13.8. The maximum atomic E-state index is 14.1. The molecule has 3 saturated heterocycles. The van der Waals surface area contributed by atoms with Crippen LogP contribution in [0.1, 0.15) is 55.2 Å². The molecular weight excluding hydrogens is 679 g/mol. The molecule has 5 heterocycles. The molecule has 3 fully saturated rings. The summed E-state index contributed by atoms with van der Waals surface area (Å²) in [6.45, 7) is 6.52. The van der Waals surface area contributed by atoms with Gasteiger partial charge in [-0.1, -0.05) is 11.6 Å². The number of likely N-dealkylation sites (tertiary alicyclic amines) is 2. The average molecular weight is 724 g/mol. The minimum atomic E-state index is -4.72. The van der Waals surface area contributed by atoms with E-state index in [-0.39, 0.29) is 47.3 Å². The number of amides is 4. The Morgan fingerprint density at radius 3 is 2.41 bits per heavy atom. The molecule has 15 heteroatoms. The van der Waals surface area contributed by atoms with Gasteiger partial charge in [0.15, 0.2) is 0 Å². The Labute approximate surface area is 294 Å². The molecule has 0 aliphatic carbocycles. The first-order valence-corrected chi connectivity index (χ1v) is 18.4. The van der Waals surface area contributed by atoms with Crippen molar-refractivity contribution in [1.82, 2.24) is 24.5 Å². The van der Waals surface area contributed by atoms with E-state index >= 15 is 0 Å². The Balaban J connectivity index is 1.13. The number of hydrogen-bond donors (Lipinski definition) is 2. The highest BCUT2D eigenvalue weighted by molar-refractivity contribution is 7.14. The summed E-state index contributed by atoms with van der Waals surface area (Å²) in [7, 11) is 2.13.